The second-order valence-corrected chi connectivity index (χ2v) is 5.04. The molecule has 0 heterocycles. The van der Waals surface area contributed by atoms with E-state index in [0.29, 0.717) is 17.0 Å². The van der Waals surface area contributed by atoms with E-state index in [-0.39, 0.29) is 11.5 Å². The van der Waals surface area contributed by atoms with Crippen molar-refractivity contribution in [1.82, 2.24) is 0 Å². The molecule has 1 N–H and O–H groups in total. The zero-order valence-corrected chi connectivity index (χ0v) is 11.7. The molecule has 0 saturated carbocycles. The Balaban J connectivity index is 2.19. The number of carbonyl (C=O) groups excluding carboxylic acids is 1. The number of benzene rings is 2. The molecule has 2 aromatic carbocycles. The standard InChI is InChI=1S/C18H18O2/c1-13(2)14-8-10-16(11-9-14)18(20)12-17(19)15-6-4-3-5-7-15/h3-13,19H,1-2H3/b17-12-. The first-order valence-electron chi connectivity index (χ1n) is 6.68. The van der Waals surface area contributed by atoms with Gasteiger partial charge in [0.15, 0.2) is 5.78 Å². The Morgan fingerprint density at radius 2 is 1.55 bits per heavy atom. The molecular formula is C18H18O2. The Kier molecular flexibility index (Phi) is 4.36. The van der Waals surface area contributed by atoms with Crippen LogP contribution in [-0.4, -0.2) is 10.9 Å². The van der Waals surface area contributed by atoms with Crippen molar-refractivity contribution in [3.8, 4) is 0 Å². The van der Waals surface area contributed by atoms with Gasteiger partial charge in [-0.1, -0.05) is 68.4 Å². The summed E-state index contributed by atoms with van der Waals surface area (Å²) in [4.78, 5) is 12.1. The molecule has 0 saturated heterocycles. The highest BCUT2D eigenvalue weighted by Gasteiger charge is 2.07. The summed E-state index contributed by atoms with van der Waals surface area (Å²) in [5.74, 6) is 0.234. The van der Waals surface area contributed by atoms with E-state index in [4.69, 9.17) is 0 Å². The van der Waals surface area contributed by atoms with Crippen LogP contribution in [0.15, 0.2) is 60.7 Å². The van der Waals surface area contributed by atoms with E-state index in [1.54, 1.807) is 24.3 Å². The molecule has 2 rings (SSSR count). The van der Waals surface area contributed by atoms with Crippen LogP contribution in [0, 0.1) is 0 Å². The molecule has 0 aliphatic rings. The van der Waals surface area contributed by atoms with Crippen molar-refractivity contribution in [3.63, 3.8) is 0 Å². The number of rotatable bonds is 4. The monoisotopic (exact) mass is 266 g/mol. The van der Waals surface area contributed by atoms with Gasteiger partial charge in [-0.3, -0.25) is 4.79 Å². The maximum atomic E-state index is 12.1. The summed E-state index contributed by atoms with van der Waals surface area (Å²) in [7, 11) is 0. The summed E-state index contributed by atoms with van der Waals surface area (Å²) in [6, 6.07) is 16.5. The average molecular weight is 266 g/mol. The lowest BCUT2D eigenvalue weighted by Crippen LogP contribution is -1.97. The lowest BCUT2D eigenvalue weighted by Gasteiger charge is -2.05. The van der Waals surface area contributed by atoms with Gasteiger partial charge in [0.25, 0.3) is 0 Å². The molecule has 2 heteroatoms. The number of hydrogen-bond donors (Lipinski definition) is 1. The van der Waals surface area contributed by atoms with E-state index in [1.807, 2.05) is 30.3 Å². The second-order valence-electron chi connectivity index (χ2n) is 5.04. The Bertz CT molecular complexity index is 608. The van der Waals surface area contributed by atoms with Crippen LogP contribution in [0.5, 0.6) is 0 Å². The molecule has 0 aliphatic carbocycles. The van der Waals surface area contributed by atoms with E-state index >= 15 is 0 Å². The number of ketones is 1. The number of carbonyl (C=O) groups is 1. The van der Waals surface area contributed by atoms with Crippen molar-refractivity contribution in [3.05, 3.63) is 77.4 Å². The van der Waals surface area contributed by atoms with Crippen molar-refractivity contribution < 1.29 is 9.90 Å². The molecule has 0 spiro atoms. The van der Waals surface area contributed by atoms with E-state index in [2.05, 4.69) is 13.8 Å². The van der Waals surface area contributed by atoms with Crippen LogP contribution in [0.25, 0.3) is 5.76 Å². The van der Waals surface area contributed by atoms with Crippen molar-refractivity contribution >= 4 is 11.5 Å². The molecule has 2 nitrogen and oxygen atoms in total. The van der Waals surface area contributed by atoms with Crippen LogP contribution in [0.4, 0.5) is 0 Å². The molecule has 0 aliphatic heterocycles. The van der Waals surface area contributed by atoms with Crippen LogP contribution in [0.3, 0.4) is 0 Å². The van der Waals surface area contributed by atoms with Crippen LogP contribution in [-0.2, 0) is 0 Å². The van der Waals surface area contributed by atoms with Gasteiger partial charge in [0, 0.05) is 17.2 Å². The van der Waals surface area contributed by atoms with Gasteiger partial charge in [-0.15, -0.1) is 0 Å². The molecule has 0 fully saturated rings. The third-order valence-electron chi connectivity index (χ3n) is 3.20. The molecule has 0 bridgehead atoms. The highest BCUT2D eigenvalue weighted by atomic mass is 16.3. The Morgan fingerprint density at radius 1 is 0.950 bits per heavy atom. The van der Waals surface area contributed by atoms with Gasteiger partial charge in [-0.05, 0) is 11.5 Å². The Hall–Kier alpha value is -2.35. The van der Waals surface area contributed by atoms with Gasteiger partial charge in [0.1, 0.15) is 5.76 Å². The third-order valence-corrected chi connectivity index (χ3v) is 3.20. The maximum absolute atomic E-state index is 12.1. The lowest BCUT2D eigenvalue weighted by atomic mass is 10.00. The minimum Gasteiger partial charge on any atom is -0.507 e. The number of aliphatic hydroxyl groups excluding tert-OH is 1. The summed E-state index contributed by atoms with van der Waals surface area (Å²) in [5.41, 5.74) is 2.41. The molecule has 20 heavy (non-hydrogen) atoms. The molecule has 102 valence electrons. The highest BCUT2D eigenvalue weighted by Crippen LogP contribution is 2.16. The minimum absolute atomic E-state index is 0.0106. The summed E-state index contributed by atoms with van der Waals surface area (Å²) >= 11 is 0. The first kappa shape index (κ1) is 14.1. The van der Waals surface area contributed by atoms with E-state index < -0.39 is 0 Å². The van der Waals surface area contributed by atoms with Crippen LogP contribution in [0.1, 0.15) is 41.3 Å². The van der Waals surface area contributed by atoms with Gasteiger partial charge < -0.3 is 5.11 Å². The van der Waals surface area contributed by atoms with Crippen molar-refractivity contribution in [2.45, 2.75) is 19.8 Å². The normalized spacial score (nSPS) is 11.7. The third kappa shape index (κ3) is 3.35. The Labute approximate surface area is 119 Å². The van der Waals surface area contributed by atoms with Gasteiger partial charge in [-0.25, -0.2) is 0 Å². The van der Waals surface area contributed by atoms with Crippen LogP contribution < -0.4 is 0 Å². The summed E-state index contributed by atoms with van der Waals surface area (Å²) in [6.45, 7) is 4.22. The summed E-state index contributed by atoms with van der Waals surface area (Å²) < 4.78 is 0. The summed E-state index contributed by atoms with van der Waals surface area (Å²) in [5, 5.41) is 9.94. The predicted molar refractivity (Wildman–Crippen MR) is 81.9 cm³/mol. The molecule has 0 atom stereocenters. The molecule has 0 unspecified atom stereocenters. The first-order chi connectivity index (χ1) is 9.58. The molecule has 0 amide bonds. The maximum Gasteiger partial charge on any atom is 0.189 e. The highest BCUT2D eigenvalue weighted by molar-refractivity contribution is 6.07. The fraction of sp³-hybridized carbons (Fsp3) is 0.167. The Morgan fingerprint density at radius 3 is 2.10 bits per heavy atom. The largest absolute Gasteiger partial charge is 0.507 e. The van der Waals surface area contributed by atoms with Crippen molar-refractivity contribution in [2.24, 2.45) is 0 Å². The zero-order valence-electron chi connectivity index (χ0n) is 11.7. The zero-order chi connectivity index (χ0) is 14.5. The van der Waals surface area contributed by atoms with Gasteiger partial charge in [0.05, 0.1) is 0 Å². The number of aliphatic hydroxyl groups is 1. The van der Waals surface area contributed by atoms with E-state index in [1.165, 1.54) is 11.6 Å². The fourth-order valence-corrected chi connectivity index (χ4v) is 1.93. The quantitative estimate of drug-likeness (QED) is 0.499. The van der Waals surface area contributed by atoms with Gasteiger partial charge in [-0.2, -0.15) is 0 Å². The number of hydrogen-bond acceptors (Lipinski definition) is 2. The second kappa shape index (κ2) is 6.20. The predicted octanol–water partition coefficient (Wildman–Crippen LogP) is 4.59. The van der Waals surface area contributed by atoms with Gasteiger partial charge in [0.2, 0.25) is 0 Å². The lowest BCUT2D eigenvalue weighted by molar-refractivity contribution is 0.104. The van der Waals surface area contributed by atoms with Gasteiger partial charge >= 0.3 is 0 Å². The van der Waals surface area contributed by atoms with Crippen molar-refractivity contribution in [2.75, 3.05) is 0 Å². The average Bonchev–Trinajstić information content (AvgIpc) is 2.48. The molecule has 0 radical (unpaired) electrons. The summed E-state index contributed by atoms with van der Waals surface area (Å²) in [6.07, 6.45) is 1.26. The van der Waals surface area contributed by atoms with Crippen LogP contribution >= 0.6 is 0 Å². The fourth-order valence-electron chi connectivity index (χ4n) is 1.93. The topological polar surface area (TPSA) is 37.3 Å². The van der Waals surface area contributed by atoms with Crippen LogP contribution in [0.2, 0.25) is 0 Å². The number of allylic oxidation sites excluding steroid dienone is 1. The molecule has 0 aromatic heterocycles. The minimum atomic E-state index is -0.193. The van der Waals surface area contributed by atoms with E-state index in [0.717, 1.165) is 0 Å². The van der Waals surface area contributed by atoms with E-state index in [9.17, 15) is 9.90 Å². The molecule has 2 aromatic rings. The smallest absolute Gasteiger partial charge is 0.189 e. The molecular weight excluding hydrogens is 248 g/mol. The van der Waals surface area contributed by atoms with Crippen molar-refractivity contribution in [1.29, 1.82) is 0 Å². The first-order valence-corrected chi connectivity index (χ1v) is 6.68. The SMILES string of the molecule is CC(C)c1ccc(C(=O)/C=C(\O)c2ccccc2)cc1.